The van der Waals surface area contributed by atoms with E-state index in [2.05, 4.69) is 5.32 Å². The summed E-state index contributed by atoms with van der Waals surface area (Å²) in [5.41, 5.74) is 10.8. The van der Waals surface area contributed by atoms with Gasteiger partial charge in [0.05, 0.1) is 0 Å². The molecule has 6 nitrogen and oxygen atoms in total. The van der Waals surface area contributed by atoms with Gasteiger partial charge in [-0.2, -0.15) is 0 Å². The number of primary amides is 1. The average molecular weight is 296 g/mol. The van der Waals surface area contributed by atoms with Gasteiger partial charge in [0, 0.05) is 25.6 Å². The fraction of sp³-hybridized carbons (Fsp3) is 0.867. The predicted molar refractivity (Wildman–Crippen MR) is 81.4 cm³/mol. The predicted octanol–water partition coefficient (Wildman–Crippen LogP) is 0.658. The third-order valence-electron chi connectivity index (χ3n) is 4.92. The maximum absolute atomic E-state index is 12.6. The third kappa shape index (κ3) is 4.59. The van der Waals surface area contributed by atoms with Crippen molar-refractivity contribution < 1.29 is 9.59 Å². The van der Waals surface area contributed by atoms with Crippen molar-refractivity contribution in [2.45, 2.75) is 38.5 Å². The molecule has 3 amide bonds. The van der Waals surface area contributed by atoms with E-state index in [4.69, 9.17) is 11.5 Å². The number of carbonyl (C=O) groups excluding carboxylic acids is 2. The number of amides is 3. The molecule has 1 saturated heterocycles. The van der Waals surface area contributed by atoms with Gasteiger partial charge in [-0.25, -0.2) is 4.79 Å². The van der Waals surface area contributed by atoms with Crippen LogP contribution in [0.3, 0.4) is 0 Å². The van der Waals surface area contributed by atoms with Crippen LogP contribution in [0.4, 0.5) is 4.79 Å². The maximum Gasteiger partial charge on any atom is 0.312 e. The Balaban J connectivity index is 1.80. The molecule has 0 aromatic carbocycles. The van der Waals surface area contributed by atoms with Gasteiger partial charge in [0.1, 0.15) is 0 Å². The molecule has 1 heterocycles. The number of carbonyl (C=O) groups is 2. The Morgan fingerprint density at radius 3 is 2.43 bits per heavy atom. The second-order valence-electron chi connectivity index (χ2n) is 6.49. The van der Waals surface area contributed by atoms with Crippen molar-refractivity contribution in [3.63, 3.8) is 0 Å². The molecule has 0 spiro atoms. The second-order valence-corrected chi connectivity index (χ2v) is 6.49. The van der Waals surface area contributed by atoms with Gasteiger partial charge in [0.2, 0.25) is 5.91 Å². The molecule has 120 valence electrons. The smallest absolute Gasteiger partial charge is 0.312 e. The van der Waals surface area contributed by atoms with E-state index in [0.29, 0.717) is 24.3 Å². The molecule has 0 aromatic heterocycles. The fourth-order valence-corrected chi connectivity index (χ4v) is 3.58. The number of urea groups is 1. The van der Waals surface area contributed by atoms with E-state index < -0.39 is 6.03 Å². The number of hydrogen-bond acceptors (Lipinski definition) is 3. The highest BCUT2D eigenvalue weighted by Crippen LogP contribution is 2.30. The summed E-state index contributed by atoms with van der Waals surface area (Å²) in [6.07, 6.45) is 6.16. The maximum atomic E-state index is 12.6. The first-order valence-corrected chi connectivity index (χ1v) is 8.12. The summed E-state index contributed by atoms with van der Waals surface area (Å²) < 4.78 is 0. The minimum absolute atomic E-state index is 0.177. The van der Waals surface area contributed by atoms with E-state index in [9.17, 15) is 9.59 Å². The molecule has 6 heteroatoms. The van der Waals surface area contributed by atoms with Crippen LogP contribution in [0.25, 0.3) is 0 Å². The zero-order valence-corrected chi connectivity index (χ0v) is 12.7. The highest BCUT2D eigenvalue weighted by Gasteiger charge is 2.31. The first kappa shape index (κ1) is 16.1. The summed E-state index contributed by atoms with van der Waals surface area (Å²) >= 11 is 0. The van der Waals surface area contributed by atoms with Crippen molar-refractivity contribution in [3.05, 3.63) is 0 Å². The Morgan fingerprint density at radius 1 is 1.10 bits per heavy atom. The molecule has 0 bridgehead atoms. The molecule has 2 rings (SSSR count). The number of likely N-dealkylation sites (tertiary alicyclic amines) is 1. The first-order valence-electron chi connectivity index (χ1n) is 8.12. The third-order valence-corrected chi connectivity index (χ3v) is 4.92. The monoisotopic (exact) mass is 296 g/mol. The lowest BCUT2D eigenvalue weighted by Crippen LogP contribution is -2.47. The standard InChI is InChI=1S/C15H28N4O2/c16-8-11-3-5-13(6-4-11)14(20)19-7-1-2-12(10-19)9-18-15(17)21/h11-13H,1-10,16H2,(H3,17,18,21). The Labute approximate surface area is 126 Å². The fourth-order valence-electron chi connectivity index (χ4n) is 3.58. The average Bonchev–Trinajstić information content (AvgIpc) is 2.52. The van der Waals surface area contributed by atoms with Gasteiger partial charge in [-0.1, -0.05) is 0 Å². The lowest BCUT2D eigenvalue weighted by molar-refractivity contribution is -0.138. The minimum Gasteiger partial charge on any atom is -0.352 e. The Bertz CT molecular complexity index is 367. The van der Waals surface area contributed by atoms with Gasteiger partial charge >= 0.3 is 6.03 Å². The van der Waals surface area contributed by atoms with E-state index in [-0.39, 0.29) is 5.92 Å². The molecule has 1 unspecified atom stereocenters. The summed E-state index contributed by atoms with van der Waals surface area (Å²) in [7, 11) is 0. The van der Waals surface area contributed by atoms with E-state index in [1.54, 1.807) is 0 Å². The largest absolute Gasteiger partial charge is 0.352 e. The molecule has 5 N–H and O–H groups in total. The summed E-state index contributed by atoms with van der Waals surface area (Å²) in [6.45, 7) is 2.91. The molecule has 2 fully saturated rings. The van der Waals surface area contributed by atoms with Crippen LogP contribution in [0, 0.1) is 17.8 Å². The molecule has 1 aliphatic carbocycles. The summed E-state index contributed by atoms with van der Waals surface area (Å²) in [5.74, 6) is 1.41. The van der Waals surface area contributed by atoms with E-state index in [1.165, 1.54) is 0 Å². The number of nitrogens with one attached hydrogen (secondary N) is 1. The van der Waals surface area contributed by atoms with Crippen LogP contribution < -0.4 is 16.8 Å². The van der Waals surface area contributed by atoms with E-state index in [1.807, 2.05) is 4.90 Å². The van der Waals surface area contributed by atoms with Crippen LogP contribution in [0.2, 0.25) is 0 Å². The van der Waals surface area contributed by atoms with Gasteiger partial charge in [0.25, 0.3) is 0 Å². The van der Waals surface area contributed by atoms with Crippen LogP contribution in [-0.4, -0.2) is 43.0 Å². The number of hydrogen-bond donors (Lipinski definition) is 3. The number of nitrogens with zero attached hydrogens (tertiary/aromatic N) is 1. The molecule has 2 aliphatic rings. The van der Waals surface area contributed by atoms with Crippen molar-refractivity contribution in [3.8, 4) is 0 Å². The molecule has 1 saturated carbocycles. The normalized spacial score (nSPS) is 30.0. The molecule has 0 radical (unpaired) electrons. The van der Waals surface area contributed by atoms with Gasteiger partial charge in [-0.15, -0.1) is 0 Å². The lowest BCUT2D eigenvalue weighted by atomic mass is 9.81. The molecular weight excluding hydrogens is 268 g/mol. The van der Waals surface area contributed by atoms with Crippen LogP contribution in [0.1, 0.15) is 38.5 Å². The summed E-state index contributed by atoms with van der Waals surface area (Å²) in [5, 5.41) is 2.65. The quantitative estimate of drug-likeness (QED) is 0.710. The number of piperidine rings is 1. The highest BCUT2D eigenvalue weighted by atomic mass is 16.2. The Kier molecular flexibility index (Phi) is 5.85. The molecular formula is C15H28N4O2. The molecule has 1 aliphatic heterocycles. The summed E-state index contributed by atoms with van der Waals surface area (Å²) in [6, 6.07) is -0.487. The number of nitrogens with two attached hydrogens (primary N) is 2. The van der Waals surface area contributed by atoms with Crippen LogP contribution >= 0.6 is 0 Å². The topological polar surface area (TPSA) is 101 Å². The van der Waals surface area contributed by atoms with Gasteiger partial charge in [-0.05, 0) is 56.9 Å². The molecule has 0 aromatic rings. The van der Waals surface area contributed by atoms with Gasteiger partial charge in [0.15, 0.2) is 0 Å². The number of rotatable bonds is 4. The molecule has 1 atom stereocenters. The van der Waals surface area contributed by atoms with Crippen molar-refractivity contribution in [2.24, 2.45) is 29.2 Å². The van der Waals surface area contributed by atoms with Crippen molar-refractivity contribution in [2.75, 3.05) is 26.2 Å². The van der Waals surface area contributed by atoms with E-state index >= 15 is 0 Å². The zero-order valence-electron chi connectivity index (χ0n) is 12.7. The van der Waals surface area contributed by atoms with Crippen molar-refractivity contribution in [1.82, 2.24) is 10.2 Å². The van der Waals surface area contributed by atoms with Crippen molar-refractivity contribution in [1.29, 1.82) is 0 Å². The highest BCUT2D eigenvalue weighted by molar-refractivity contribution is 5.79. The van der Waals surface area contributed by atoms with Gasteiger partial charge < -0.3 is 21.7 Å². The lowest BCUT2D eigenvalue weighted by Gasteiger charge is -2.36. The molecule has 21 heavy (non-hydrogen) atoms. The minimum atomic E-state index is -0.487. The van der Waals surface area contributed by atoms with Gasteiger partial charge in [-0.3, -0.25) is 4.79 Å². The van der Waals surface area contributed by atoms with Crippen LogP contribution in [-0.2, 0) is 4.79 Å². The zero-order chi connectivity index (χ0) is 15.2. The first-order chi connectivity index (χ1) is 10.1. The van der Waals surface area contributed by atoms with E-state index in [0.717, 1.165) is 58.2 Å². The summed E-state index contributed by atoms with van der Waals surface area (Å²) in [4.78, 5) is 25.4. The van der Waals surface area contributed by atoms with Crippen LogP contribution in [0.15, 0.2) is 0 Å². The van der Waals surface area contributed by atoms with Crippen molar-refractivity contribution >= 4 is 11.9 Å². The second kappa shape index (κ2) is 7.64. The van der Waals surface area contributed by atoms with Crippen LogP contribution in [0.5, 0.6) is 0 Å². The Hall–Kier alpha value is -1.30. The SMILES string of the molecule is NCC1CCC(C(=O)N2CCCC(CNC(N)=O)C2)CC1. The Morgan fingerprint density at radius 2 is 1.81 bits per heavy atom.